The number of para-hydroxylation sites is 1. The SMILES string of the molecule is Cn1c(CCNCCO)nc2c1c(=O)n(Cc1cc3ccccc3[nH]1)c(=O)n2C. The molecule has 3 heterocycles. The molecule has 9 nitrogen and oxygen atoms in total. The Kier molecular flexibility index (Phi) is 5.08. The highest BCUT2D eigenvalue weighted by molar-refractivity contribution is 5.80. The minimum absolute atomic E-state index is 0.0650. The number of imidazole rings is 1. The second-order valence-electron chi connectivity index (χ2n) is 7.10. The molecular weight excluding hydrogens is 372 g/mol. The second kappa shape index (κ2) is 7.69. The predicted octanol–water partition coefficient (Wildman–Crippen LogP) is 0.0877. The number of aryl methyl sites for hydroxylation is 2. The number of hydrogen-bond acceptors (Lipinski definition) is 5. The van der Waals surface area contributed by atoms with Gasteiger partial charge >= 0.3 is 5.69 Å². The van der Waals surface area contributed by atoms with Crippen molar-refractivity contribution in [3.8, 4) is 0 Å². The number of hydrogen-bond donors (Lipinski definition) is 3. The average molecular weight is 396 g/mol. The minimum atomic E-state index is -0.399. The van der Waals surface area contributed by atoms with E-state index in [-0.39, 0.29) is 18.7 Å². The number of fused-ring (bicyclic) bond motifs is 2. The van der Waals surface area contributed by atoms with Gasteiger partial charge < -0.3 is 20.0 Å². The van der Waals surface area contributed by atoms with Crippen LogP contribution in [0.4, 0.5) is 0 Å². The molecule has 0 fully saturated rings. The van der Waals surface area contributed by atoms with Crippen LogP contribution in [0.1, 0.15) is 11.5 Å². The van der Waals surface area contributed by atoms with E-state index in [2.05, 4.69) is 15.3 Å². The topological polar surface area (TPSA) is 110 Å². The van der Waals surface area contributed by atoms with Crippen molar-refractivity contribution in [1.82, 2.24) is 29.0 Å². The number of aromatic amines is 1. The van der Waals surface area contributed by atoms with Gasteiger partial charge in [-0.25, -0.2) is 9.78 Å². The van der Waals surface area contributed by atoms with Gasteiger partial charge in [0.25, 0.3) is 5.56 Å². The summed E-state index contributed by atoms with van der Waals surface area (Å²) < 4.78 is 4.41. The molecular formula is C20H24N6O3. The average Bonchev–Trinajstić information content (AvgIpc) is 3.27. The lowest BCUT2D eigenvalue weighted by molar-refractivity contribution is 0.292. The largest absolute Gasteiger partial charge is 0.395 e. The molecule has 29 heavy (non-hydrogen) atoms. The molecule has 0 aliphatic rings. The number of aliphatic hydroxyl groups excluding tert-OH is 1. The summed E-state index contributed by atoms with van der Waals surface area (Å²) in [6.45, 7) is 1.35. The van der Waals surface area contributed by atoms with Crippen molar-refractivity contribution in [3.05, 3.63) is 62.7 Å². The van der Waals surface area contributed by atoms with Crippen molar-refractivity contribution in [3.63, 3.8) is 0 Å². The Morgan fingerprint density at radius 2 is 1.93 bits per heavy atom. The molecule has 1 aromatic carbocycles. The van der Waals surface area contributed by atoms with Crippen molar-refractivity contribution < 1.29 is 5.11 Å². The first-order valence-corrected chi connectivity index (χ1v) is 9.54. The summed E-state index contributed by atoms with van der Waals surface area (Å²) in [6, 6.07) is 9.78. The number of aromatic nitrogens is 5. The maximum atomic E-state index is 13.2. The summed E-state index contributed by atoms with van der Waals surface area (Å²) in [5.74, 6) is 0.709. The highest BCUT2D eigenvalue weighted by Crippen LogP contribution is 2.15. The fourth-order valence-electron chi connectivity index (χ4n) is 3.64. The van der Waals surface area contributed by atoms with Crippen LogP contribution in [0.5, 0.6) is 0 Å². The van der Waals surface area contributed by atoms with E-state index in [9.17, 15) is 9.59 Å². The second-order valence-corrected chi connectivity index (χ2v) is 7.10. The lowest BCUT2D eigenvalue weighted by Crippen LogP contribution is -2.39. The highest BCUT2D eigenvalue weighted by Gasteiger charge is 2.18. The van der Waals surface area contributed by atoms with Crippen molar-refractivity contribution in [2.24, 2.45) is 14.1 Å². The van der Waals surface area contributed by atoms with Crippen LogP contribution in [0.2, 0.25) is 0 Å². The summed E-state index contributed by atoms with van der Waals surface area (Å²) in [5.41, 5.74) is 1.79. The van der Waals surface area contributed by atoms with E-state index in [4.69, 9.17) is 5.11 Å². The van der Waals surface area contributed by atoms with E-state index in [1.807, 2.05) is 30.3 Å². The molecule has 0 bridgehead atoms. The third-order valence-corrected chi connectivity index (χ3v) is 5.18. The summed E-state index contributed by atoms with van der Waals surface area (Å²) in [4.78, 5) is 33.8. The van der Waals surface area contributed by atoms with Gasteiger partial charge in [0.15, 0.2) is 11.2 Å². The van der Waals surface area contributed by atoms with E-state index < -0.39 is 5.69 Å². The number of nitrogens with zero attached hydrogens (tertiary/aromatic N) is 4. The van der Waals surface area contributed by atoms with E-state index in [1.165, 1.54) is 9.13 Å². The molecule has 4 rings (SSSR count). The van der Waals surface area contributed by atoms with E-state index in [0.29, 0.717) is 36.5 Å². The minimum Gasteiger partial charge on any atom is -0.395 e. The van der Waals surface area contributed by atoms with Gasteiger partial charge in [-0.15, -0.1) is 0 Å². The van der Waals surface area contributed by atoms with Crippen LogP contribution in [0.15, 0.2) is 39.9 Å². The van der Waals surface area contributed by atoms with Gasteiger partial charge in [-0.2, -0.15) is 0 Å². The standard InChI is InChI=1S/C20H24N6O3/c1-24-16(7-8-21-9-10-27)23-18-17(24)19(28)26(20(29)25(18)2)12-14-11-13-5-3-4-6-15(13)22-14/h3-6,11,21-22,27H,7-10,12H2,1-2H3. The zero-order chi connectivity index (χ0) is 20.5. The summed E-state index contributed by atoms with van der Waals surface area (Å²) in [5, 5.41) is 13.0. The van der Waals surface area contributed by atoms with Gasteiger partial charge in [0, 0.05) is 44.8 Å². The lowest BCUT2D eigenvalue weighted by Gasteiger charge is -2.08. The molecule has 0 saturated heterocycles. The third-order valence-electron chi connectivity index (χ3n) is 5.18. The normalized spacial score (nSPS) is 11.7. The smallest absolute Gasteiger partial charge is 0.332 e. The number of benzene rings is 1. The number of aliphatic hydroxyl groups is 1. The molecule has 0 spiro atoms. The van der Waals surface area contributed by atoms with E-state index in [1.54, 1.807) is 18.7 Å². The molecule has 152 valence electrons. The number of nitrogens with one attached hydrogen (secondary N) is 2. The summed E-state index contributed by atoms with van der Waals surface area (Å²) in [6.07, 6.45) is 0.584. The van der Waals surface area contributed by atoms with Crippen molar-refractivity contribution in [2.45, 2.75) is 13.0 Å². The third kappa shape index (κ3) is 3.39. The molecule has 0 aliphatic heterocycles. The van der Waals surface area contributed by atoms with Crippen LogP contribution >= 0.6 is 0 Å². The first kappa shape index (κ1) is 19.2. The van der Waals surface area contributed by atoms with Gasteiger partial charge in [-0.1, -0.05) is 18.2 Å². The Labute approximate surface area is 166 Å². The van der Waals surface area contributed by atoms with Gasteiger partial charge in [0.1, 0.15) is 5.82 Å². The van der Waals surface area contributed by atoms with Crippen LogP contribution in [0, 0.1) is 0 Å². The molecule has 9 heteroatoms. The van der Waals surface area contributed by atoms with Crippen LogP contribution in [-0.2, 0) is 27.1 Å². The van der Waals surface area contributed by atoms with Gasteiger partial charge in [0.2, 0.25) is 0 Å². The van der Waals surface area contributed by atoms with Gasteiger partial charge in [-0.05, 0) is 17.5 Å². The van der Waals surface area contributed by atoms with Crippen LogP contribution in [0.25, 0.3) is 22.1 Å². The maximum absolute atomic E-state index is 13.2. The molecule has 3 N–H and O–H groups in total. The molecule has 0 radical (unpaired) electrons. The van der Waals surface area contributed by atoms with Crippen molar-refractivity contribution in [1.29, 1.82) is 0 Å². The Hall–Kier alpha value is -3.17. The first-order chi connectivity index (χ1) is 14.0. The van der Waals surface area contributed by atoms with Crippen molar-refractivity contribution >= 4 is 22.1 Å². The predicted molar refractivity (Wildman–Crippen MR) is 111 cm³/mol. The molecule has 0 amide bonds. The Balaban J connectivity index is 1.75. The zero-order valence-electron chi connectivity index (χ0n) is 16.5. The van der Waals surface area contributed by atoms with Crippen molar-refractivity contribution in [2.75, 3.05) is 19.7 Å². The Morgan fingerprint density at radius 3 is 2.69 bits per heavy atom. The van der Waals surface area contributed by atoms with E-state index >= 15 is 0 Å². The maximum Gasteiger partial charge on any atom is 0.332 e. The molecule has 0 saturated carbocycles. The molecule has 0 unspecified atom stereocenters. The van der Waals surface area contributed by atoms with Crippen LogP contribution < -0.4 is 16.6 Å². The Morgan fingerprint density at radius 1 is 1.14 bits per heavy atom. The fraction of sp³-hybridized carbons (Fsp3) is 0.350. The van der Waals surface area contributed by atoms with Gasteiger partial charge in [0.05, 0.1) is 13.2 Å². The number of H-pyrrole nitrogens is 1. The van der Waals surface area contributed by atoms with Gasteiger partial charge in [-0.3, -0.25) is 13.9 Å². The summed E-state index contributed by atoms with van der Waals surface area (Å²) in [7, 11) is 3.42. The highest BCUT2D eigenvalue weighted by atomic mass is 16.3. The first-order valence-electron chi connectivity index (χ1n) is 9.54. The summed E-state index contributed by atoms with van der Waals surface area (Å²) >= 11 is 0. The zero-order valence-corrected chi connectivity index (χ0v) is 16.5. The molecule has 0 atom stereocenters. The monoisotopic (exact) mass is 396 g/mol. The Bertz CT molecular complexity index is 1260. The lowest BCUT2D eigenvalue weighted by atomic mass is 10.2. The van der Waals surface area contributed by atoms with E-state index in [0.717, 1.165) is 16.6 Å². The number of rotatable bonds is 7. The quantitative estimate of drug-likeness (QED) is 0.384. The van der Waals surface area contributed by atoms with Crippen LogP contribution in [-0.4, -0.2) is 48.5 Å². The molecule has 4 aromatic rings. The molecule has 3 aromatic heterocycles. The fourth-order valence-corrected chi connectivity index (χ4v) is 3.64. The van der Waals surface area contributed by atoms with Crippen LogP contribution in [0.3, 0.4) is 0 Å². The molecule has 0 aliphatic carbocycles.